The van der Waals surface area contributed by atoms with Crippen molar-refractivity contribution in [3.63, 3.8) is 0 Å². The van der Waals surface area contributed by atoms with Crippen LogP contribution in [0.25, 0.3) is 0 Å². The molecular weight excluding hydrogens is 541 g/mol. The molecule has 11 nitrogen and oxygen atoms in total. The molecule has 234 valence electrons. The topological polar surface area (TPSA) is 172 Å². The number of hydrogen-bond donors (Lipinski definition) is 3. The number of phosphoric ester groups is 1. The van der Waals surface area contributed by atoms with E-state index in [4.69, 9.17) is 24.8 Å². The van der Waals surface area contributed by atoms with Crippen molar-refractivity contribution >= 4 is 25.7 Å². The highest BCUT2D eigenvalue weighted by Crippen LogP contribution is 2.43. The Balaban J connectivity index is 4.50. The maximum absolute atomic E-state index is 12.4. The number of carboxylic acids is 1. The second-order valence-electron chi connectivity index (χ2n) is 9.88. The third-order valence-corrected chi connectivity index (χ3v) is 6.96. The number of carbonyl (C=O) groups excluding carboxylic acids is 2. The Labute approximate surface area is 239 Å². The van der Waals surface area contributed by atoms with Gasteiger partial charge in [-0.2, -0.15) is 0 Å². The number of carboxylic acid groups (broad SMARTS) is 1. The third kappa shape index (κ3) is 24.1. The van der Waals surface area contributed by atoms with E-state index in [0.29, 0.717) is 12.8 Å². The van der Waals surface area contributed by atoms with Gasteiger partial charge in [0, 0.05) is 12.8 Å². The lowest BCUT2D eigenvalue weighted by molar-refractivity contribution is -0.161. The SMILES string of the molecule is CCCCC/C=C\CCCCCCCC(=O)OC(COC(=O)CCCCCC)COP(=O)(O)OCC(N)C(=O)O. The van der Waals surface area contributed by atoms with Crippen LogP contribution in [0.2, 0.25) is 0 Å². The quantitative estimate of drug-likeness (QED) is 0.0453. The maximum atomic E-state index is 12.4. The summed E-state index contributed by atoms with van der Waals surface area (Å²) in [7, 11) is -4.69. The van der Waals surface area contributed by atoms with Crippen LogP contribution < -0.4 is 5.73 Å². The second kappa shape index (κ2) is 25.0. The molecule has 0 bridgehead atoms. The fraction of sp³-hybridized carbons (Fsp3) is 0.821. The standard InChI is InChI=1S/C28H52NO10P/c1-3-5-7-9-10-11-12-13-14-15-16-18-20-27(31)39-24(21-36-26(30)19-17-8-6-4-2)22-37-40(34,35)38-23-25(29)28(32)33/h10-11,24-25H,3-9,12-23,29H2,1-2H3,(H,32,33)(H,34,35)/b11-10-. The summed E-state index contributed by atoms with van der Waals surface area (Å²) in [6.07, 6.45) is 18.0. The zero-order valence-electron chi connectivity index (χ0n) is 24.4. The van der Waals surface area contributed by atoms with Gasteiger partial charge in [0.2, 0.25) is 0 Å². The molecule has 0 saturated heterocycles. The van der Waals surface area contributed by atoms with Gasteiger partial charge in [-0.05, 0) is 38.5 Å². The Morgan fingerprint density at radius 1 is 0.750 bits per heavy atom. The summed E-state index contributed by atoms with van der Waals surface area (Å²) in [6, 6.07) is -1.52. The van der Waals surface area contributed by atoms with Crippen LogP contribution in [0.5, 0.6) is 0 Å². The average molecular weight is 594 g/mol. The van der Waals surface area contributed by atoms with Gasteiger partial charge in [-0.3, -0.25) is 23.4 Å². The molecule has 40 heavy (non-hydrogen) atoms. The number of aliphatic carboxylic acids is 1. The molecule has 3 unspecified atom stereocenters. The summed E-state index contributed by atoms with van der Waals surface area (Å²) in [5.41, 5.74) is 5.26. The summed E-state index contributed by atoms with van der Waals surface area (Å²) >= 11 is 0. The number of hydrogen-bond acceptors (Lipinski definition) is 9. The predicted octanol–water partition coefficient (Wildman–Crippen LogP) is 5.82. The van der Waals surface area contributed by atoms with Crippen LogP contribution in [0.15, 0.2) is 12.2 Å². The van der Waals surface area contributed by atoms with Crippen molar-refractivity contribution in [2.45, 2.75) is 129 Å². The second-order valence-corrected chi connectivity index (χ2v) is 11.3. The first-order chi connectivity index (χ1) is 19.1. The molecule has 0 heterocycles. The van der Waals surface area contributed by atoms with E-state index in [0.717, 1.165) is 57.8 Å². The van der Waals surface area contributed by atoms with Gasteiger partial charge in [-0.1, -0.05) is 77.4 Å². The molecule has 0 amide bonds. The summed E-state index contributed by atoms with van der Waals surface area (Å²) in [4.78, 5) is 45.0. The highest BCUT2D eigenvalue weighted by atomic mass is 31.2. The number of nitrogens with two attached hydrogens (primary N) is 1. The third-order valence-electron chi connectivity index (χ3n) is 6.01. The molecule has 0 radical (unpaired) electrons. The summed E-state index contributed by atoms with van der Waals surface area (Å²) in [5.74, 6) is -2.42. The van der Waals surface area contributed by atoms with E-state index in [1.807, 2.05) is 0 Å². The highest BCUT2D eigenvalue weighted by molar-refractivity contribution is 7.47. The van der Waals surface area contributed by atoms with Crippen molar-refractivity contribution in [3.05, 3.63) is 12.2 Å². The molecule has 4 N–H and O–H groups in total. The van der Waals surface area contributed by atoms with Gasteiger partial charge in [-0.15, -0.1) is 0 Å². The van der Waals surface area contributed by atoms with Crippen LogP contribution in [0, 0.1) is 0 Å². The van der Waals surface area contributed by atoms with Gasteiger partial charge in [0.25, 0.3) is 0 Å². The number of carbonyl (C=O) groups is 3. The van der Waals surface area contributed by atoms with E-state index in [2.05, 4.69) is 30.5 Å². The summed E-state index contributed by atoms with van der Waals surface area (Å²) in [5, 5.41) is 8.77. The molecule has 12 heteroatoms. The molecule has 0 aromatic carbocycles. The van der Waals surface area contributed by atoms with Gasteiger partial charge < -0.3 is 25.2 Å². The van der Waals surface area contributed by atoms with E-state index in [9.17, 15) is 23.8 Å². The summed E-state index contributed by atoms with van der Waals surface area (Å²) in [6.45, 7) is 2.57. The lowest BCUT2D eigenvalue weighted by atomic mass is 10.1. The van der Waals surface area contributed by atoms with Gasteiger partial charge in [0.15, 0.2) is 6.10 Å². The van der Waals surface area contributed by atoms with Gasteiger partial charge >= 0.3 is 25.7 Å². The maximum Gasteiger partial charge on any atom is 0.472 e. The van der Waals surface area contributed by atoms with Gasteiger partial charge in [0.1, 0.15) is 12.6 Å². The van der Waals surface area contributed by atoms with E-state index in [1.54, 1.807) is 0 Å². The minimum atomic E-state index is -4.69. The zero-order valence-corrected chi connectivity index (χ0v) is 25.3. The number of rotatable bonds is 27. The molecule has 0 saturated carbocycles. The van der Waals surface area contributed by atoms with Crippen LogP contribution in [-0.2, 0) is 37.5 Å². The Hall–Kier alpha value is -1.78. The monoisotopic (exact) mass is 593 g/mol. The number of ether oxygens (including phenoxy) is 2. The molecule has 3 atom stereocenters. The van der Waals surface area contributed by atoms with Crippen LogP contribution in [0.3, 0.4) is 0 Å². The molecule has 0 aliphatic carbocycles. The van der Waals surface area contributed by atoms with Gasteiger partial charge in [-0.25, -0.2) is 4.57 Å². The first-order valence-electron chi connectivity index (χ1n) is 14.7. The highest BCUT2D eigenvalue weighted by Gasteiger charge is 2.28. The molecule has 0 aromatic rings. The molecule has 0 spiro atoms. The number of allylic oxidation sites excluding steroid dienone is 2. The van der Waals surface area contributed by atoms with Crippen LogP contribution >= 0.6 is 7.82 Å². The minimum absolute atomic E-state index is 0.152. The van der Waals surface area contributed by atoms with Gasteiger partial charge in [0.05, 0.1) is 13.2 Å². The van der Waals surface area contributed by atoms with Crippen LogP contribution in [0.4, 0.5) is 0 Å². The predicted molar refractivity (Wildman–Crippen MR) is 153 cm³/mol. The van der Waals surface area contributed by atoms with Crippen molar-refractivity contribution < 1.29 is 47.5 Å². The molecule has 0 fully saturated rings. The number of esters is 2. The van der Waals surface area contributed by atoms with Crippen molar-refractivity contribution in [2.75, 3.05) is 19.8 Å². The smallest absolute Gasteiger partial charge is 0.472 e. The van der Waals surface area contributed by atoms with Crippen LogP contribution in [0.1, 0.15) is 117 Å². The first kappa shape index (κ1) is 38.2. The fourth-order valence-corrected chi connectivity index (χ4v) is 4.36. The Morgan fingerprint density at radius 3 is 1.88 bits per heavy atom. The van der Waals surface area contributed by atoms with E-state index >= 15 is 0 Å². The lowest BCUT2D eigenvalue weighted by Gasteiger charge is -2.20. The van der Waals surface area contributed by atoms with Crippen molar-refractivity contribution in [1.29, 1.82) is 0 Å². The fourth-order valence-electron chi connectivity index (χ4n) is 3.59. The normalized spacial score (nSPS) is 14.5. The minimum Gasteiger partial charge on any atom is -0.480 e. The van der Waals surface area contributed by atoms with Crippen LogP contribution in [-0.4, -0.2) is 59.9 Å². The Bertz CT molecular complexity index is 761. The van der Waals surface area contributed by atoms with Crippen molar-refractivity contribution in [3.8, 4) is 0 Å². The van der Waals surface area contributed by atoms with E-state index in [1.165, 1.54) is 19.3 Å². The number of phosphoric acid groups is 1. The number of unbranched alkanes of at least 4 members (excludes halogenated alkanes) is 11. The molecule has 0 aliphatic heterocycles. The molecule has 0 aromatic heterocycles. The molecule has 0 rings (SSSR count). The first-order valence-corrected chi connectivity index (χ1v) is 16.2. The largest absolute Gasteiger partial charge is 0.480 e. The Kier molecular flexibility index (Phi) is 23.9. The van der Waals surface area contributed by atoms with E-state index in [-0.39, 0.29) is 19.4 Å². The van der Waals surface area contributed by atoms with Crippen molar-refractivity contribution in [1.82, 2.24) is 0 Å². The molecule has 0 aliphatic rings. The zero-order chi connectivity index (χ0) is 30.1. The Morgan fingerprint density at radius 2 is 1.25 bits per heavy atom. The molecular formula is C28H52NO10P. The lowest BCUT2D eigenvalue weighted by Crippen LogP contribution is -2.34. The average Bonchev–Trinajstić information content (AvgIpc) is 2.91. The van der Waals surface area contributed by atoms with Crippen molar-refractivity contribution in [2.24, 2.45) is 5.73 Å². The van der Waals surface area contributed by atoms with E-state index < -0.39 is 51.1 Å². The summed E-state index contributed by atoms with van der Waals surface area (Å²) < 4.78 is 32.1.